The first kappa shape index (κ1) is 17.1. The van der Waals surface area contributed by atoms with Gasteiger partial charge in [0.2, 0.25) is 5.91 Å². The van der Waals surface area contributed by atoms with Crippen molar-refractivity contribution in [3.63, 3.8) is 0 Å². The molecule has 6 nitrogen and oxygen atoms in total. The third-order valence-corrected chi connectivity index (χ3v) is 4.39. The van der Waals surface area contributed by atoms with Crippen LogP contribution >= 0.6 is 0 Å². The molecule has 25 heavy (non-hydrogen) atoms. The number of hydrogen-bond donors (Lipinski definition) is 1. The fourth-order valence-electron chi connectivity index (χ4n) is 3.05. The Morgan fingerprint density at radius 3 is 2.76 bits per heavy atom. The number of aromatic nitrogens is 4. The van der Waals surface area contributed by atoms with E-state index in [1.54, 1.807) is 10.7 Å². The van der Waals surface area contributed by atoms with E-state index in [0.29, 0.717) is 18.5 Å². The lowest BCUT2D eigenvalue weighted by atomic mass is 10.3. The lowest BCUT2D eigenvalue weighted by Gasteiger charge is -2.14. The molecular weight excluding hydrogens is 321 g/mol. The number of carbonyl (C=O) groups excluding carboxylic acids is 1. The molecule has 2 aromatic heterocycles. The Labute approximate surface area is 145 Å². The zero-order valence-corrected chi connectivity index (χ0v) is 14.9. The first-order chi connectivity index (χ1) is 11.9. The molecular formula is C18H22FN5O. The van der Waals surface area contributed by atoms with Crippen molar-refractivity contribution >= 4 is 16.9 Å². The molecule has 0 bridgehead atoms. The molecule has 0 aliphatic carbocycles. The summed E-state index contributed by atoms with van der Waals surface area (Å²) in [7, 11) is 1.85. The van der Waals surface area contributed by atoms with Gasteiger partial charge in [-0.3, -0.25) is 9.48 Å². The topological polar surface area (TPSA) is 64.7 Å². The predicted molar refractivity (Wildman–Crippen MR) is 93.8 cm³/mol. The fraction of sp³-hybridized carbons (Fsp3) is 0.389. The molecule has 0 saturated carbocycles. The minimum atomic E-state index is -0.383. The lowest BCUT2D eigenvalue weighted by molar-refractivity contribution is -0.124. The minimum Gasteiger partial charge on any atom is -0.354 e. The van der Waals surface area contributed by atoms with Crippen LogP contribution in [0, 0.1) is 19.7 Å². The Kier molecular flexibility index (Phi) is 4.57. The normalized spacial score (nSPS) is 12.5. The Hall–Kier alpha value is -2.70. The van der Waals surface area contributed by atoms with E-state index in [-0.39, 0.29) is 17.8 Å². The number of aryl methyl sites for hydroxylation is 3. The summed E-state index contributed by atoms with van der Waals surface area (Å²) in [6.07, 6.45) is 0.528. The maximum atomic E-state index is 13.8. The second kappa shape index (κ2) is 6.66. The van der Waals surface area contributed by atoms with Gasteiger partial charge in [-0.2, -0.15) is 5.10 Å². The van der Waals surface area contributed by atoms with E-state index in [1.165, 1.54) is 6.07 Å². The second-order valence-electron chi connectivity index (χ2n) is 6.28. The number of benzene rings is 1. The molecule has 2 heterocycles. The maximum absolute atomic E-state index is 13.8. The molecule has 0 aliphatic rings. The SMILES string of the molecule is Cc1cc(C)n([C@@H](C)C(=O)NCCc2nc3c(F)cccc3n2C)n1. The third-order valence-electron chi connectivity index (χ3n) is 4.39. The zero-order chi connectivity index (χ0) is 18.1. The van der Waals surface area contributed by atoms with E-state index < -0.39 is 0 Å². The zero-order valence-electron chi connectivity index (χ0n) is 14.9. The van der Waals surface area contributed by atoms with Crippen molar-refractivity contribution in [2.75, 3.05) is 6.54 Å². The van der Waals surface area contributed by atoms with Crippen LogP contribution in [0.3, 0.4) is 0 Å². The summed E-state index contributed by atoms with van der Waals surface area (Å²) in [5.41, 5.74) is 2.95. The summed E-state index contributed by atoms with van der Waals surface area (Å²) in [6, 6.07) is 6.46. The van der Waals surface area contributed by atoms with Crippen molar-refractivity contribution in [3.05, 3.63) is 47.3 Å². The highest BCUT2D eigenvalue weighted by molar-refractivity contribution is 5.80. The van der Waals surface area contributed by atoms with Crippen molar-refractivity contribution in [2.24, 2.45) is 7.05 Å². The molecule has 0 spiro atoms. The quantitative estimate of drug-likeness (QED) is 0.774. The van der Waals surface area contributed by atoms with E-state index >= 15 is 0 Å². The molecule has 1 aromatic carbocycles. The molecule has 132 valence electrons. The number of nitrogens with zero attached hydrogens (tertiary/aromatic N) is 4. The number of rotatable bonds is 5. The summed E-state index contributed by atoms with van der Waals surface area (Å²) in [6.45, 7) is 6.08. The van der Waals surface area contributed by atoms with Crippen LogP contribution in [0.4, 0.5) is 4.39 Å². The number of carbonyl (C=O) groups is 1. The summed E-state index contributed by atoms with van der Waals surface area (Å²) < 4.78 is 17.4. The van der Waals surface area contributed by atoms with Crippen molar-refractivity contribution in [3.8, 4) is 0 Å². The standard InChI is InChI=1S/C18H22FN5O/c1-11-10-12(2)24(22-11)13(3)18(25)20-9-8-16-21-17-14(19)6-5-7-15(17)23(16)4/h5-7,10,13H,8-9H2,1-4H3,(H,20,25)/t13-/m0/s1. The maximum Gasteiger partial charge on any atom is 0.244 e. The van der Waals surface area contributed by atoms with Gasteiger partial charge in [-0.25, -0.2) is 9.37 Å². The molecule has 1 amide bonds. The van der Waals surface area contributed by atoms with Crippen LogP contribution in [-0.2, 0) is 18.3 Å². The van der Waals surface area contributed by atoms with E-state index in [2.05, 4.69) is 15.4 Å². The number of halogens is 1. The first-order valence-corrected chi connectivity index (χ1v) is 8.28. The number of fused-ring (bicyclic) bond motifs is 1. The Morgan fingerprint density at radius 1 is 1.36 bits per heavy atom. The molecule has 3 aromatic rings. The monoisotopic (exact) mass is 343 g/mol. The second-order valence-corrected chi connectivity index (χ2v) is 6.28. The number of nitrogens with one attached hydrogen (secondary N) is 1. The molecule has 0 aliphatic heterocycles. The van der Waals surface area contributed by atoms with Crippen LogP contribution in [0.15, 0.2) is 24.3 Å². The van der Waals surface area contributed by atoms with E-state index in [4.69, 9.17) is 0 Å². The van der Waals surface area contributed by atoms with Gasteiger partial charge in [0.05, 0.1) is 11.2 Å². The van der Waals surface area contributed by atoms with Gasteiger partial charge < -0.3 is 9.88 Å². The number of para-hydroxylation sites is 1. The summed E-state index contributed by atoms with van der Waals surface area (Å²) in [5.74, 6) is 0.303. The molecule has 0 radical (unpaired) electrons. The van der Waals surface area contributed by atoms with Gasteiger partial charge in [-0.15, -0.1) is 0 Å². The van der Waals surface area contributed by atoms with E-state index in [1.807, 2.05) is 44.5 Å². The van der Waals surface area contributed by atoms with Crippen molar-refractivity contribution in [1.29, 1.82) is 0 Å². The van der Waals surface area contributed by atoms with Gasteiger partial charge in [0, 0.05) is 25.7 Å². The largest absolute Gasteiger partial charge is 0.354 e. The summed E-state index contributed by atoms with van der Waals surface area (Å²) in [4.78, 5) is 16.7. The van der Waals surface area contributed by atoms with Gasteiger partial charge in [-0.05, 0) is 39.0 Å². The van der Waals surface area contributed by atoms with Crippen LogP contribution in [0.25, 0.3) is 11.0 Å². The smallest absolute Gasteiger partial charge is 0.244 e. The van der Waals surface area contributed by atoms with Gasteiger partial charge in [0.15, 0.2) is 5.82 Å². The highest BCUT2D eigenvalue weighted by Gasteiger charge is 2.18. The molecule has 0 unspecified atom stereocenters. The van der Waals surface area contributed by atoms with Crippen LogP contribution in [0.5, 0.6) is 0 Å². The van der Waals surface area contributed by atoms with Gasteiger partial charge in [-0.1, -0.05) is 6.07 Å². The molecule has 0 fully saturated rings. The Morgan fingerprint density at radius 2 is 2.12 bits per heavy atom. The van der Waals surface area contributed by atoms with E-state index in [0.717, 1.165) is 22.7 Å². The van der Waals surface area contributed by atoms with Crippen molar-refractivity contribution < 1.29 is 9.18 Å². The average Bonchev–Trinajstić information content (AvgIpc) is 3.08. The molecule has 1 atom stereocenters. The average molecular weight is 343 g/mol. The number of amides is 1. The van der Waals surface area contributed by atoms with Crippen molar-refractivity contribution in [1.82, 2.24) is 24.6 Å². The molecule has 3 rings (SSSR count). The van der Waals surface area contributed by atoms with Crippen LogP contribution in [0.2, 0.25) is 0 Å². The van der Waals surface area contributed by atoms with Gasteiger partial charge in [0.25, 0.3) is 0 Å². The summed E-state index contributed by atoms with van der Waals surface area (Å²) in [5, 5.41) is 7.25. The molecule has 0 saturated heterocycles. The molecule has 1 N–H and O–H groups in total. The van der Waals surface area contributed by atoms with Crippen LogP contribution < -0.4 is 5.32 Å². The summed E-state index contributed by atoms with van der Waals surface area (Å²) >= 11 is 0. The van der Waals surface area contributed by atoms with Gasteiger partial charge in [0.1, 0.15) is 17.4 Å². The highest BCUT2D eigenvalue weighted by Crippen LogP contribution is 2.18. The fourth-order valence-corrected chi connectivity index (χ4v) is 3.05. The highest BCUT2D eigenvalue weighted by atomic mass is 19.1. The van der Waals surface area contributed by atoms with Crippen molar-refractivity contribution in [2.45, 2.75) is 33.2 Å². The Bertz CT molecular complexity index is 927. The minimum absolute atomic E-state index is 0.101. The van der Waals surface area contributed by atoms with Gasteiger partial charge >= 0.3 is 0 Å². The predicted octanol–water partition coefficient (Wildman–Crippen LogP) is 2.45. The van der Waals surface area contributed by atoms with Crippen LogP contribution in [-0.4, -0.2) is 31.8 Å². The third kappa shape index (κ3) is 3.26. The van der Waals surface area contributed by atoms with E-state index in [9.17, 15) is 9.18 Å². The first-order valence-electron chi connectivity index (χ1n) is 8.28. The van der Waals surface area contributed by atoms with Crippen LogP contribution in [0.1, 0.15) is 30.2 Å². The molecule has 7 heteroatoms. The lowest BCUT2D eigenvalue weighted by Crippen LogP contribution is -2.33. The number of hydrogen-bond acceptors (Lipinski definition) is 3. The Balaban J connectivity index is 1.65. The number of imidazole rings is 1.